The molecule has 7 rings (SSSR count). The van der Waals surface area contributed by atoms with Gasteiger partial charge in [-0.3, -0.25) is 0 Å². The van der Waals surface area contributed by atoms with E-state index in [9.17, 15) is 0 Å². The molecule has 0 saturated carbocycles. The van der Waals surface area contributed by atoms with E-state index < -0.39 is 0 Å². The second-order valence-electron chi connectivity index (χ2n) is 11.9. The van der Waals surface area contributed by atoms with Crippen LogP contribution in [0.5, 0.6) is 0 Å². The lowest BCUT2D eigenvalue weighted by atomic mass is 9.82. The lowest BCUT2D eigenvalue weighted by Gasteiger charge is -2.21. The Morgan fingerprint density at radius 2 is 0.958 bits per heavy atom. The third-order valence-corrected chi connectivity index (χ3v) is 9.18. The number of hydrogen-bond donors (Lipinski definition) is 0. The minimum Gasteiger partial charge on any atom is -0.244 e. The van der Waals surface area contributed by atoms with Gasteiger partial charge in [-0.1, -0.05) is 159 Å². The molecule has 1 heterocycles. The molecule has 0 aliphatic rings. The molecule has 0 radical (unpaired) electrons. The molecule has 48 heavy (non-hydrogen) atoms. The first-order chi connectivity index (χ1) is 23.6. The van der Waals surface area contributed by atoms with Crippen LogP contribution in [-0.2, 0) is 0 Å². The zero-order valence-corrected chi connectivity index (χ0v) is 27.3. The van der Waals surface area contributed by atoms with E-state index in [1.165, 1.54) is 44.2 Å². The van der Waals surface area contributed by atoms with Crippen LogP contribution in [-0.4, -0.2) is 9.97 Å². The van der Waals surface area contributed by atoms with Crippen LogP contribution in [0.15, 0.2) is 159 Å². The van der Waals surface area contributed by atoms with E-state index in [2.05, 4.69) is 153 Å². The van der Waals surface area contributed by atoms with Crippen molar-refractivity contribution in [2.45, 2.75) is 13.8 Å². The van der Waals surface area contributed by atoms with E-state index in [-0.39, 0.29) is 0 Å². The van der Waals surface area contributed by atoms with Crippen molar-refractivity contribution < 1.29 is 0 Å². The van der Waals surface area contributed by atoms with Gasteiger partial charge in [0.1, 0.15) is 6.33 Å². The Balaban J connectivity index is 1.50. The smallest absolute Gasteiger partial charge is 0.116 e. The second kappa shape index (κ2) is 13.3. The first-order valence-electron chi connectivity index (χ1n) is 16.2. The molecule has 6 aromatic carbocycles. The van der Waals surface area contributed by atoms with Crippen LogP contribution in [0, 0.1) is 13.8 Å². The zero-order chi connectivity index (χ0) is 33.0. The Bertz CT molecular complexity index is 2360. The lowest BCUT2D eigenvalue weighted by Crippen LogP contribution is -1.99. The highest BCUT2D eigenvalue weighted by Crippen LogP contribution is 2.45. The third-order valence-electron chi connectivity index (χ3n) is 9.18. The topological polar surface area (TPSA) is 25.8 Å². The summed E-state index contributed by atoms with van der Waals surface area (Å²) < 4.78 is 0. The Labute approximate surface area is 282 Å². The van der Waals surface area contributed by atoms with Gasteiger partial charge in [-0.2, -0.15) is 0 Å². The third kappa shape index (κ3) is 5.38. The number of allylic oxidation sites excluding steroid dienone is 4. The molecule has 0 amide bonds. The standard InChI is InChI=1S/C46H36N2/c1-5-7-21-37-31(3)41-29-47-30-48-46(41)45(34-19-13-10-14-20-34)44(37)36-27-25-35(26-28-36)42-32(4)38(22-8-6-2)43(33-17-11-9-12-18-33)40-24-16-15-23-39(40)42/h5-30H,1-2H2,3-4H3/b21-7-,22-8-. The van der Waals surface area contributed by atoms with E-state index in [1.54, 1.807) is 6.33 Å². The first-order valence-corrected chi connectivity index (χ1v) is 16.2. The average Bonchev–Trinajstić information content (AvgIpc) is 3.14. The van der Waals surface area contributed by atoms with Gasteiger partial charge in [0.25, 0.3) is 0 Å². The summed E-state index contributed by atoms with van der Waals surface area (Å²) in [5, 5.41) is 3.50. The Kier molecular flexibility index (Phi) is 8.47. The molecule has 0 N–H and O–H groups in total. The zero-order valence-electron chi connectivity index (χ0n) is 27.3. The predicted molar refractivity (Wildman–Crippen MR) is 207 cm³/mol. The Morgan fingerprint density at radius 3 is 1.54 bits per heavy atom. The van der Waals surface area contributed by atoms with Crippen molar-refractivity contribution in [2.75, 3.05) is 0 Å². The summed E-state index contributed by atoms with van der Waals surface area (Å²) in [6.45, 7) is 12.3. The van der Waals surface area contributed by atoms with Crippen molar-refractivity contribution >= 4 is 33.8 Å². The minimum atomic E-state index is 0.945. The highest BCUT2D eigenvalue weighted by Gasteiger charge is 2.21. The maximum atomic E-state index is 4.84. The monoisotopic (exact) mass is 616 g/mol. The molecule has 0 fully saturated rings. The van der Waals surface area contributed by atoms with E-state index in [1.807, 2.05) is 30.5 Å². The molecule has 230 valence electrons. The fraction of sp³-hybridized carbons (Fsp3) is 0.0435. The summed E-state index contributed by atoms with van der Waals surface area (Å²) in [5.41, 5.74) is 15.0. The molecule has 2 heteroatoms. The minimum absolute atomic E-state index is 0.945. The SMILES string of the molecule is C=C/C=C\c1c(C)c(-c2ccc(-c3c(/C=C\C=C)c(C)c4cncnc4c3-c3ccccc3)cc2)c2ccccc2c1-c1ccccc1. The van der Waals surface area contributed by atoms with Gasteiger partial charge in [0, 0.05) is 17.1 Å². The van der Waals surface area contributed by atoms with Crippen LogP contribution in [0.2, 0.25) is 0 Å². The van der Waals surface area contributed by atoms with Crippen LogP contribution in [0.3, 0.4) is 0 Å². The van der Waals surface area contributed by atoms with Crippen molar-refractivity contribution in [3.8, 4) is 44.5 Å². The average molecular weight is 617 g/mol. The number of aromatic nitrogens is 2. The number of hydrogen-bond acceptors (Lipinski definition) is 2. The number of fused-ring (bicyclic) bond motifs is 2. The van der Waals surface area contributed by atoms with Crippen LogP contribution < -0.4 is 0 Å². The Morgan fingerprint density at radius 1 is 0.479 bits per heavy atom. The number of rotatable bonds is 8. The summed E-state index contributed by atoms with van der Waals surface area (Å²) in [6, 6.07) is 39.0. The maximum absolute atomic E-state index is 4.84. The Hall–Kier alpha value is -6.12. The summed E-state index contributed by atoms with van der Waals surface area (Å²) in [5.74, 6) is 0. The molecule has 1 aromatic heterocycles. The van der Waals surface area contributed by atoms with Crippen molar-refractivity contribution in [1.29, 1.82) is 0 Å². The summed E-state index contributed by atoms with van der Waals surface area (Å²) in [4.78, 5) is 9.23. The maximum Gasteiger partial charge on any atom is 0.116 e. The van der Waals surface area contributed by atoms with Gasteiger partial charge in [-0.15, -0.1) is 0 Å². The molecule has 0 atom stereocenters. The molecule has 0 saturated heterocycles. The van der Waals surface area contributed by atoms with Gasteiger partial charge in [-0.25, -0.2) is 9.97 Å². The van der Waals surface area contributed by atoms with Crippen LogP contribution in [0.4, 0.5) is 0 Å². The predicted octanol–water partition coefficient (Wildman–Crippen LogP) is 12.5. The van der Waals surface area contributed by atoms with Crippen molar-refractivity contribution in [2.24, 2.45) is 0 Å². The summed E-state index contributed by atoms with van der Waals surface area (Å²) >= 11 is 0. The van der Waals surface area contributed by atoms with E-state index >= 15 is 0 Å². The second-order valence-corrected chi connectivity index (χ2v) is 11.9. The van der Waals surface area contributed by atoms with Gasteiger partial charge in [0.15, 0.2) is 0 Å². The molecule has 0 bridgehead atoms. The molecule has 0 aliphatic carbocycles. The lowest BCUT2D eigenvalue weighted by molar-refractivity contribution is 1.21. The highest BCUT2D eigenvalue weighted by molar-refractivity contribution is 6.10. The van der Waals surface area contributed by atoms with Gasteiger partial charge < -0.3 is 0 Å². The first kappa shape index (κ1) is 30.5. The molecular weight excluding hydrogens is 581 g/mol. The summed E-state index contributed by atoms with van der Waals surface area (Å²) in [7, 11) is 0. The van der Waals surface area contributed by atoms with Crippen molar-refractivity contribution in [3.05, 3.63) is 181 Å². The number of benzene rings is 6. The molecule has 2 nitrogen and oxygen atoms in total. The fourth-order valence-electron chi connectivity index (χ4n) is 7.00. The number of aryl methyl sites for hydroxylation is 1. The van der Waals surface area contributed by atoms with E-state index in [4.69, 9.17) is 4.98 Å². The van der Waals surface area contributed by atoms with Crippen molar-refractivity contribution in [1.82, 2.24) is 9.97 Å². The normalized spacial score (nSPS) is 11.5. The quantitative estimate of drug-likeness (QED) is 0.159. The van der Waals surface area contributed by atoms with Gasteiger partial charge in [0.05, 0.1) is 5.52 Å². The molecule has 0 unspecified atom stereocenters. The highest BCUT2D eigenvalue weighted by atomic mass is 14.8. The van der Waals surface area contributed by atoms with E-state index in [0.29, 0.717) is 0 Å². The van der Waals surface area contributed by atoms with Gasteiger partial charge >= 0.3 is 0 Å². The largest absolute Gasteiger partial charge is 0.244 e. The molecule has 0 aliphatic heterocycles. The van der Waals surface area contributed by atoms with Crippen LogP contribution in [0.25, 0.3) is 78.3 Å². The van der Waals surface area contributed by atoms with Crippen LogP contribution in [0.1, 0.15) is 22.3 Å². The van der Waals surface area contributed by atoms with Crippen LogP contribution >= 0.6 is 0 Å². The van der Waals surface area contributed by atoms with Crippen molar-refractivity contribution in [3.63, 3.8) is 0 Å². The van der Waals surface area contributed by atoms with Gasteiger partial charge in [-0.05, 0) is 85.8 Å². The fourth-order valence-corrected chi connectivity index (χ4v) is 7.00. The summed E-state index contributed by atoms with van der Waals surface area (Å²) in [6.07, 6.45) is 15.6. The molecular formula is C46H36N2. The molecule has 0 spiro atoms. The number of nitrogens with zero attached hydrogens (tertiary/aromatic N) is 2. The molecule has 7 aromatic rings. The van der Waals surface area contributed by atoms with E-state index in [0.717, 1.165) is 44.3 Å². The van der Waals surface area contributed by atoms with Gasteiger partial charge in [0.2, 0.25) is 0 Å².